The standard InChI is InChI=1S/C15H18Cl2N4O2S/c1-18-15(22)14-11(17)10-9(16)6-8-7-21(4-3-5-23-2)24-20-12(8)13(10)19-14/h6,19-20H,3-5,7H2,1-2H3,(H,18,22). The predicted octanol–water partition coefficient (Wildman–Crippen LogP) is 3.66. The molecule has 0 bridgehead atoms. The lowest BCUT2D eigenvalue weighted by Gasteiger charge is -2.28. The Kier molecular flexibility index (Phi) is 5.46. The van der Waals surface area contributed by atoms with E-state index in [0.717, 1.165) is 42.9 Å². The Bertz CT molecular complexity index is 781. The molecule has 130 valence electrons. The Morgan fingerprint density at radius 3 is 3.00 bits per heavy atom. The molecule has 1 aromatic carbocycles. The van der Waals surface area contributed by atoms with E-state index in [1.165, 1.54) is 12.1 Å². The normalized spacial score (nSPS) is 14.5. The average molecular weight is 389 g/mol. The number of carbonyl (C=O) groups excluding carboxylic acids is 1. The number of hydrogen-bond acceptors (Lipinski definition) is 5. The molecule has 2 aromatic rings. The number of carbonyl (C=O) groups is 1. The van der Waals surface area contributed by atoms with E-state index in [9.17, 15) is 4.79 Å². The average Bonchev–Trinajstić information content (AvgIpc) is 2.92. The molecule has 3 rings (SSSR count). The number of amides is 1. The summed E-state index contributed by atoms with van der Waals surface area (Å²) in [5.41, 5.74) is 3.05. The highest BCUT2D eigenvalue weighted by Gasteiger charge is 2.25. The molecule has 0 atom stereocenters. The molecular formula is C15H18Cl2N4O2S. The Balaban J connectivity index is 1.97. The van der Waals surface area contributed by atoms with Crippen LogP contribution in [0.2, 0.25) is 10.0 Å². The SMILES string of the molecule is CNC(=O)c1[nH]c2c3c(cc(Cl)c2c1Cl)CN(CCCOC)SN3. The first-order chi connectivity index (χ1) is 11.6. The van der Waals surface area contributed by atoms with Crippen molar-refractivity contribution < 1.29 is 9.53 Å². The maximum Gasteiger partial charge on any atom is 0.269 e. The van der Waals surface area contributed by atoms with Gasteiger partial charge in [-0.25, -0.2) is 4.31 Å². The van der Waals surface area contributed by atoms with Crippen LogP contribution in [-0.2, 0) is 11.3 Å². The van der Waals surface area contributed by atoms with Crippen LogP contribution in [0, 0.1) is 0 Å². The summed E-state index contributed by atoms with van der Waals surface area (Å²) in [6.45, 7) is 2.37. The minimum atomic E-state index is -0.273. The second-order valence-corrected chi connectivity index (χ2v) is 7.13. The van der Waals surface area contributed by atoms with Gasteiger partial charge in [0.1, 0.15) is 5.69 Å². The number of fused-ring (bicyclic) bond motifs is 3. The number of aromatic nitrogens is 1. The maximum atomic E-state index is 12.0. The van der Waals surface area contributed by atoms with Crippen molar-refractivity contribution in [2.75, 3.05) is 32.0 Å². The van der Waals surface area contributed by atoms with E-state index in [4.69, 9.17) is 27.9 Å². The summed E-state index contributed by atoms with van der Waals surface area (Å²) < 4.78 is 10.6. The second kappa shape index (κ2) is 7.41. The van der Waals surface area contributed by atoms with Crippen molar-refractivity contribution in [3.63, 3.8) is 0 Å². The van der Waals surface area contributed by atoms with Crippen molar-refractivity contribution in [1.82, 2.24) is 14.6 Å². The largest absolute Gasteiger partial charge is 0.385 e. The molecule has 6 nitrogen and oxygen atoms in total. The Morgan fingerprint density at radius 1 is 1.50 bits per heavy atom. The molecular weight excluding hydrogens is 371 g/mol. The number of nitrogens with zero attached hydrogens (tertiary/aromatic N) is 1. The molecule has 1 aromatic heterocycles. The number of anilines is 1. The van der Waals surface area contributed by atoms with Crippen molar-refractivity contribution in [3.8, 4) is 0 Å². The number of aromatic amines is 1. The number of halogens is 2. The molecule has 0 spiro atoms. The van der Waals surface area contributed by atoms with Crippen LogP contribution in [-0.4, -0.2) is 42.5 Å². The summed E-state index contributed by atoms with van der Waals surface area (Å²) in [4.78, 5) is 15.1. The van der Waals surface area contributed by atoms with Gasteiger partial charge in [0.05, 0.1) is 21.2 Å². The summed E-state index contributed by atoms with van der Waals surface area (Å²) in [6, 6.07) is 1.91. The summed E-state index contributed by atoms with van der Waals surface area (Å²) in [5, 5.41) is 4.11. The molecule has 9 heteroatoms. The smallest absolute Gasteiger partial charge is 0.269 e. The van der Waals surface area contributed by atoms with E-state index in [-0.39, 0.29) is 5.91 Å². The van der Waals surface area contributed by atoms with E-state index in [1.54, 1.807) is 14.2 Å². The Hall–Kier alpha value is -1.12. The molecule has 0 saturated heterocycles. The molecule has 1 aliphatic heterocycles. The van der Waals surface area contributed by atoms with Crippen molar-refractivity contribution in [2.24, 2.45) is 0 Å². The number of hydrogen-bond donors (Lipinski definition) is 3. The van der Waals surface area contributed by atoms with Gasteiger partial charge in [0.15, 0.2) is 0 Å². The zero-order chi connectivity index (χ0) is 17.3. The van der Waals surface area contributed by atoms with E-state index in [2.05, 4.69) is 19.3 Å². The quantitative estimate of drug-likeness (QED) is 0.538. The van der Waals surface area contributed by atoms with Crippen LogP contribution in [0.4, 0.5) is 5.69 Å². The van der Waals surface area contributed by atoms with E-state index >= 15 is 0 Å². The zero-order valence-electron chi connectivity index (χ0n) is 13.3. The lowest BCUT2D eigenvalue weighted by Crippen LogP contribution is -2.24. The highest BCUT2D eigenvalue weighted by molar-refractivity contribution is 7.98. The molecule has 0 fully saturated rings. The van der Waals surface area contributed by atoms with Gasteiger partial charge in [-0.05, 0) is 18.1 Å². The first kappa shape index (κ1) is 17.7. The molecule has 1 amide bonds. The molecule has 3 N–H and O–H groups in total. The van der Waals surface area contributed by atoms with Crippen LogP contribution >= 0.6 is 35.3 Å². The molecule has 2 heterocycles. The summed E-state index contributed by atoms with van der Waals surface area (Å²) in [6.07, 6.45) is 0.950. The molecule has 24 heavy (non-hydrogen) atoms. The van der Waals surface area contributed by atoms with E-state index in [1.807, 2.05) is 6.07 Å². The van der Waals surface area contributed by atoms with Gasteiger partial charge < -0.3 is 19.8 Å². The minimum absolute atomic E-state index is 0.273. The summed E-state index contributed by atoms with van der Waals surface area (Å²) in [5.74, 6) is -0.273. The third-order valence-corrected chi connectivity index (χ3v) is 5.42. The number of nitrogens with one attached hydrogen (secondary N) is 3. The third-order valence-electron chi connectivity index (χ3n) is 3.88. The number of benzene rings is 1. The number of ether oxygens (including phenoxy) is 1. The van der Waals surface area contributed by atoms with E-state index in [0.29, 0.717) is 21.1 Å². The van der Waals surface area contributed by atoms with Crippen LogP contribution in [0.25, 0.3) is 10.9 Å². The van der Waals surface area contributed by atoms with Crippen LogP contribution in [0.3, 0.4) is 0 Å². The fourth-order valence-electron chi connectivity index (χ4n) is 2.71. The van der Waals surface area contributed by atoms with Gasteiger partial charge in [-0.3, -0.25) is 4.79 Å². The second-order valence-electron chi connectivity index (χ2n) is 5.44. The fraction of sp³-hybridized carbons (Fsp3) is 0.400. The molecule has 0 unspecified atom stereocenters. The van der Waals surface area contributed by atoms with Gasteiger partial charge in [0, 0.05) is 51.4 Å². The van der Waals surface area contributed by atoms with Crippen molar-refractivity contribution in [2.45, 2.75) is 13.0 Å². The highest BCUT2D eigenvalue weighted by atomic mass is 35.5. The van der Waals surface area contributed by atoms with Gasteiger partial charge in [0.2, 0.25) is 0 Å². The first-order valence-corrected chi connectivity index (χ1v) is 9.01. The van der Waals surface area contributed by atoms with Crippen LogP contribution in [0.1, 0.15) is 22.5 Å². The van der Waals surface area contributed by atoms with Crippen LogP contribution < -0.4 is 10.0 Å². The first-order valence-electron chi connectivity index (χ1n) is 7.48. The predicted molar refractivity (Wildman–Crippen MR) is 99.8 cm³/mol. The molecule has 0 saturated carbocycles. The van der Waals surface area contributed by atoms with Gasteiger partial charge in [0.25, 0.3) is 5.91 Å². The van der Waals surface area contributed by atoms with Crippen LogP contribution in [0.15, 0.2) is 6.07 Å². The molecule has 1 aliphatic rings. The Morgan fingerprint density at radius 2 is 2.29 bits per heavy atom. The van der Waals surface area contributed by atoms with Crippen LogP contribution in [0.5, 0.6) is 0 Å². The van der Waals surface area contributed by atoms with E-state index < -0.39 is 0 Å². The molecule has 0 radical (unpaired) electrons. The number of rotatable bonds is 5. The lowest BCUT2D eigenvalue weighted by molar-refractivity contribution is 0.0959. The number of H-pyrrole nitrogens is 1. The topological polar surface area (TPSA) is 69.4 Å². The van der Waals surface area contributed by atoms with Gasteiger partial charge in [-0.15, -0.1) is 0 Å². The number of methoxy groups -OCH3 is 1. The van der Waals surface area contributed by atoms with Gasteiger partial charge in [-0.1, -0.05) is 23.2 Å². The summed E-state index contributed by atoms with van der Waals surface area (Å²) in [7, 11) is 3.26. The lowest BCUT2D eigenvalue weighted by atomic mass is 10.1. The third kappa shape index (κ3) is 3.19. The van der Waals surface area contributed by atoms with Crippen molar-refractivity contribution >= 4 is 57.8 Å². The Labute approximate surface area is 154 Å². The van der Waals surface area contributed by atoms with Crippen molar-refractivity contribution in [1.29, 1.82) is 0 Å². The minimum Gasteiger partial charge on any atom is -0.385 e. The fourth-order valence-corrected chi connectivity index (χ4v) is 4.29. The summed E-state index contributed by atoms with van der Waals surface area (Å²) >= 11 is 14.3. The highest BCUT2D eigenvalue weighted by Crippen LogP contribution is 2.43. The van der Waals surface area contributed by atoms with Crippen molar-refractivity contribution in [3.05, 3.63) is 27.4 Å². The van der Waals surface area contributed by atoms with Gasteiger partial charge >= 0.3 is 0 Å². The molecule has 0 aliphatic carbocycles. The van der Waals surface area contributed by atoms with Gasteiger partial charge in [-0.2, -0.15) is 0 Å². The zero-order valence-corrected chi connectivity index (χ0v) is 15.7. The maximum absolute atomic E-state index is 12.0. The monoisotopic (exact) mass is 388 g/mol.